The normalized spacial score (nSPS) is 16.5. The molecule has 2 bridgehead atoms. The third kappa shape index (κ3) is 5.13. The summed E-state index contributed by atoms with van der Waals surface area (Å²) in [7, 11) is 0. The van der Waals surface area contributed by atoms with Crippen LogP contribution in [-0.2, 0) is 9.59 Å². The number of aliphatic imine (C=N–C) groups is 2. The molecule has 31 heavy (non-hydrogen) atoms. The summed E-state index contributed by atoms with van der Waals surface area (Å²) in [5, 5.41) is 4.04. The number of ether oxygens (including phenoxy) is 1. The molecular weight excluding hydrogens is 394 g/mol. The van der Waals surface area contributed by atoms with Crippen molar-refractivity contribution in [3.63, 3.8) is 0 Å². The molecular formula is C23H17N5O3. The van der Waals surface area contributed by atoms with Crippen LogP contribution in [0.25, 0.3) is 10.9 Å². The summed E-state index contributed by atoms with van der Waals surface area (Å²) < 4.78 is 5.71. The van der Waals surface area contributed by atoms with Gasteiger partial charge in [0.15, 0.2) is 0 Å². The molecule has 0 unspecified atom stereocenters. The second kappa shape index (κ2) is 9.36. The molecule has 0 aliphatic carbocycles. The zero-order chi connectivity index (χ0) is 21.5. The molecule has 1 N–H and O–H groups in total. The largest absolute Gasteiger partial charge is 0.490 e. The van der Waals surface area contributed by atoms with Crippen LogP contribution in [0.5, 0.6) is 5.75 Å². The molecule has 2 amide bonds. The van der Waals surface area contributed by atoms with Crippen molar-refractivity contribution in [3.8, 4) is 5.75 Å². The number of carbonyl (C=O) groups is 2. The third-order valence-corrected chi connectivity index (χ3v) is 4.28. The number of allylic oxidation sites excluding steroid dienone is 1. The molecule has 8 heteroatoms. The van der Waals surface area contributed by atoms with Crippen LogP contribution in [0.3, 0.4) is 0 Å². The quantitative estimate of drug-likeness (QED) is 0.608. The van der Waals surface area contributed by atoms with Crippen LogP contribution in [0, 0.1) is 0 Å². The van der Waals surface area contributed by atoms with Crippen molar-refractivity contribution < 1.29 is 14.3 Å². The number of para-hydroxylation sites is 1. The maximum absolute atomic E-state index is 12.0. The van der Waals surface area contributed by atoms with Crippen LogP contribution >= 0.6 is 0 Å². The zero-order valence-electron chi connectivity index (χ0n) is 16.3. The fourth-order valence-corrected chi connectivity index (χ4v) is 2.83. The fraction of sp³-hybridized carbons (Fsp3) is 0.0435. The Morgan fingerprint density at radius 2 is 1.81 bits per heavy atom. The van der Waals surface area contributed by atoms with Crippen molar-refractivity contribution in [1.29, 1.82) is 0 Å². The highest BCUT2D eigenvalue weighted by atomic mass is 16.5. The van der Waals surface area contributed by atoms with Gasteiger partial charge in [0.1, 0.15) is 24.5 Å². The van der Waals surface area contributed by atoms with Gasteiger partial charge in [-0.25, -0.2) is 20.0 Å². The Kier molecular flexibility index (Phi) is 5.99. The summed E-state index contributed by atoms with van der Waals surface area (Å²) >= 11 is 0. The lowest BCUT2D eigenvalue weighted by atomic mass is 10.1. The summed E-state index contributed by atoms with van der Waals surface area (Å²) in [6.07, 6.45) is 9.63. The van der Waals surface area contributed by atoms with Crippen LogP contribution in [-0.4, -0.2) is 40.8 Å². The van der Waals surface area contributed by atoms with E-state index in [4.69, 9.17) is 4.74 Å². The highest BCUT2D eigenvalue weighted by Crippen LogP contribution is 2.27. The van der Waals surface area contributed by atoms with Crippen molar-refractivity contribution >= 4 is 46.7 Å². The molecule has 3 aromatic rings. The smallest absolute Gasteiger partial charge is 0.269 e. The average Bonchev–Trinajstić information content (AvgIpc) is 2.79. The van der Waals surface area contributed by atoms with Crippen LogP contribution in [0.4, 0.5) is 11.5 Å². The first-order valence-corrected chi connectivity index (χ1v) is 9.42. The maximum atomic E-state index is 12.0. The topological polar surface area (TPSA) is 106 Å². The van der Waals surface area contributed by atoms with Crippen molar-refractivity contribution in [2.75, 3.05) is 11.9 Å². The number of rotatable bonds is 0. The van der Waals surface area contributed by atoms with E-state index >= 15 is 0 Å². The van der Waals surface area contributed by atoms with E-state index < -0.39 is 11.8 Å². The molecule has 0 saturated carbocycles. The van der Waals surface area contributed by atoms with E-state index in [2.05, 4.69) is 25.3 Å². The average molecular weight is 411 g/mol. The molecule has 152 valence electrons. The Balaban J connectivity index is 1.76. The number of hydrogen-bond acceptors (Lipinski definition) is 6. The molecule has 0 spiro atoms. The van der Waals surface area contributed by atoms with E-state index in [0.29, 0.717) is 17.1 Å². The van der Waals surface area contributed by atoms with Gasteiger partial charge in [0, 0.05) is 41.2 Å². The lowest BCUT2D eigenvalue weighted by molar-refractivity contribution is -0.114. The molecule has 1 aliphatic rings. The molecule has 8 nitrogen and oxygen atoms in total. The van der Waals surface area contributed by atoms with Crippen molar-refractivity contribution in [3.05, 3.63) is 78.7 Å². The van der Waals surface area contributed by atoms with Gasteiger partial charge in [-0.2, -0.15) is 0 Å². The second-order valence-electron chi connectivity index (χ2n) is 6.40. The van der Waals surface area contributed by atoms with E-state index in [1.165, 1.54) is 37.0 Å². The van der Waals surface area contributed by atoms with Gasteiger partial charge in [0.25, 0.3) is 11.8 Å². The number of nitrogens with one attached hydrogen (secondary N) is 1. The molecule has 2 heterocycles. The van der Waals surface area contributed by atoms with Gasteiger partial charge in [-0.3, -0.25) is 9.59 Å². The predicted octanol–water partition coefficient (Wildman–Crippen LogP) is 3.42. The minimum absolute atomic E-state index is 0.189. The zero-order valence-corrected chi connectivity index (χ0v) is 16.3. The molecule has 1 aromatic heterocycles. The Morgan fingerprint density at radius 3 is 2.74 bits per heavy atom. The van der Waals surface area contributed by atoms with Gasteiger partial charge in [-0.15, -0.1) is 0 Å². The summed E-state index contributed by atoms with van der Waals surface area (Å²) in [5.74, 6) is 0.244. The Bertz CT molecular complexity index is 1260. The highest BCUT2D eigenvalue weighted by Gasteiger charge is 2.08. The maximum Gasteiger partial charge on any atom is 0.269 e. The number of nitrogens with zero attached hydrogens (tertiary/aromatic N) is 4. The first-order chi connectivity index (χ1) is 15.2. The van der Waals surface area contributed by atoms with E-state index in [9.17, 15) is 9.59 Å². The number of fused-ring (bicyclic) bond motifs is 2. The van der Waals surface area contributed by atoms with Crippen molar-refractivity contribution in [2.45, 2.75) is 0 Å². The third-order valence-electron chi connectivity index (χ3n) is 4.28. The second-order valence-corrected chi connectivity index (χ2v) is 6.40. The molecule has 0 fully saturated rings. The van der Waals surface area contributed by atoms with Crippen molar-refractivity contribution in [1.82, 2.24) is 9.97 Å². The van der Waals surface area contributed by atoms with Gasteiger partial charge < -0.3 is 10.1 Å². The van der Waals surface area contributed by atoms with Crippen LogP contribution in [0.2, 0.25) is 0 Å². The monoisotopic (exact) mass is 411 g/mol. The lowest BCUT2D eigenvalue weighted by Crippen LogP contribution is -2.00. The summed E-state index contributed by atoms with van der Waals surface area (Å²) in [4.78, 5) is 40.0. The molecule has 1 aliphatic heterocycles. The molecule has 0 saturated heterocycles. The Morgan fingerprint density at radius 1 is 0.935 bits per heavy atom. The van der Waals surface area contributed by atoms with E-state index in [-0.39, 0.29) is 6.61 Å². The molecule has 0 atom stereocenters. The van der Waals surface area contributed by atoms with Crippen LogP contribution < -0.4 is 10.1 Å². The Labute approximate surface area is 177 Å². The molecule has 2 aromatic carbocycles. The number of aromatic nitrogens is 2. The minimum Gasteiger partial charge on any atom is -0.490 e. The van der Waals surface area contributed by atoms with Gasteiger partial charge in [0.05, 0.1) is 5.52 Å². The predicted molar refractivity (Wildman–Crippen MR) is 119 cm³/mol. The first-order valence-electron chi connectivity index (χ1n) is 9.42. The SMILES string of the molecule is O=C1/C=C/C=NC(=O)/C=C/COc2ccc3ncnc(c3c2)Nc2ccccc2C=N1. The molecule has 4 rings (SSSR count). The van der Waals surface area contributed by atoms with Crippen LogP contribution in [0.15, 0.2) is 83.1 Å². The Hall–Kier alpha value is -4.46. The van der Waals surface area contributed by atoms with E-state index in [1.807, 2.05) is 36.4 Å². The standard InChI is InChI=1S/C23H17N5O3/c29-21-8-4-12-31-17-9-10-20-18(13-17)23(27-15-26-20)28-19-6-2-1-5-16(19)14-25-22(30)7-3-11-24-21/h1-11,13-15H,12H2,(H,26,27,28)/b7-3+,8-4+,24-11?,25-14?. The summed E-state index contributed by atoms with van der Waals surface area (Å²) in [6, 6.07) is 12.9. The number of benzene rings is 2. The number of hydrogen-bond donors (Lipinski definition) is 1. The number of anilines is 2. The highest BCUT2D eigenvalue weighted by molar-refractivity contribution is 6.03. The van der Waals surface area contributed by atoms with Crippen molar-refractivity contribution in [2.24, 2.45) is 9.98 Å². The van der Waals surface area contributed by atoms with Crippen LogP contribution in [0.1, 0.15) is 5.56 Å². The molecule has 0 radical (unpaired) electrons. The fourth-order valence-electron chi connectivity index (χ4n) is 2.83. The summed E-state index contributed by atoms with van der Waals surface area (Å²) in [5.41, 5.74) is 2.17. The number of carbonyl (C=O) groups excluding carboxylic acids is 2. The lowest BCUT2D eigenvalue weighted by Gasteiger charge is -2.11. The van der Waals surface area contributed by atoms with Gasteiger partial charge >= 0.3 is 0 Å². The van der Waals surface area contributed by atoms with Gasteiger partial charge in [-0.05, 0) is 36.4 Å². The number of amides is 2. The minimum atomic E-state index is -0.479. The first kappa shape index (κ1) is 19.8. The summed E-state index contributed by atoms with van der Waals surface area (Å²) in [6.45, 7) is 0.189. The van der Waals surface area contributed by atoms with Gasteiger partial charge in [-0.1, -0.05) is 18.2 Å². The van der Waals surface area contributed by atoms with E-state index in [0.717, 1.165) is 16.6 Å². The van der Waals surface area contributed by atoms with E-state index in [1.54, 1.807) is 12.1 Å². The van der Waals surface area contributed by atoms with Gasteiger partial charge in [0.2, 0.25) is 0 Å².